The molecule has 0 amide bonds. The number of halogens is 1. The summed E-state index contributed by atoms with van der Waals surface area (Å²) >= 11 is 0. The zero-order valence-electron chi connectivity index (χ0n) is 11.7. The third-order valence-electron chi connectivity index (χ3n) is 3.56. The van der Waals surface area contributed by atoms with Crippen molar-refractivity contribution >= 4 is 5.69 Å². The Morgan fingerprint density at radius 1 is 1.24 bits per heavy atom. The maximum atomic E-state index is 13.6. The molecule has 0 bridgehead atoms. The summed E-state index contributed by atoms with van der Waals surface area (Å²) in [4.78, 5) is 9.87. The lowest BCUT2D eigenvalue weighted by atomic mass is 9.90. The van der Waals surface area contributed by atoms with E-state index in [1.54, 1.807) is 6.07 Å². The quantitative estimate of drug-likeness (QED) is 0.675. The second-order valence-corrected chi connectivity index (χ2v) is 5.16. The number of hydrogen-bond donors (Lipinski definition) is 1. The Balaban J connectivity index is 2.11. The average molecular weight is 288 g/mol. The van der Waals surface area contributed by atoms with Gasteiger partial charge >= 0.3 is 5.69 Å². The van der Waals surface area contributed by atoms with E-state index in [-0.39, 0.29) is 12.0 Å². The average Bonchev–Trinajstić information content (AvgIpc) is 2.47. The van der Waals surface area contributed by atoms with Crippen LogP contribution in [0.25, 0.3) is 0 Å². The van der Waals surface area contributed by atoms with Crippen LogP contribution in [0, 0.1) is 21.8 Å². The van der Waals surface area contributed by atoms with Crippen LogP contribution >= 0.6 is 0 Å². The van der Waals surface area contributed by atoms with Gasteiger partial charge in [0.05, 0.1) is 4.92 Å². The number of nitrogens with zero attached hydrogens (tertiary/aromatic N) is 1. The summed E-state index contributed by atoms with van der Waals surface area (Å²) in [5.74, 6) is -0.716. The number of nitro groups is 1. The van der Waals surface area contributed by atoms with Crippen LogP contribution in [0.4, 0.5) is 10.1 Å². The van der Waals surface area contributed by atoms with E-state index in [2.05, 4.69) is 0 Å². The summed E-state index contributed by atoms with van der Waals surface area (Å²) in [6.07, 6.45) is 0.560. The molecule has 0 aliphatic heterocycles. The van der Waals surface area contributed by atoms with Crippen LogP contribution < -0.4 is 5.73 Å². The summed E-state index contributed by atoms with van der Waals surface area (Å²) < 4.78 is 13.6. The predicted octanol–water partition coefficient (Wildman–Crippen LogP) is 3.61. The highest BCUT2D eigenvalue weighted by Gasteiger charge is 2.18. The zero-order valence-corrected chi connectivity index (χ0v) is 11.7. The van der Waals surface area contributed by atoms with Crippen molar-refractivity contribution in [2.45, 2.75) is 19.4 Å². The molecule has 0 saturated carbocycles. The molecular formula is C16H17FN2O2. The summed E-state index contributed by atoms with van der Waals surface area (Å²) in [6, 6.07) is 13.5. The van der Waals surface area contributed by atoms with Crippen molar-refractivity contribution in [2.24, 2.45) is 11.7 Å². The maximum absolute atomic E-state index is 13.6. The highest BCUT2D eigenvalue weighted by molar-refractivity contribution is 5.35. The third kappa shape index (κ3) is 3.64. The monoisotopic (exact) mass is 288 g/mol. The van der Waals surface area contributed by atoms with E-state index in [4.69, 9.17) is 5.73 Å². The van der Waals surface area contributed by atoms with Crippen LogP contribution in [0.3, 0.4) is 0 Å². The zero-order chi connectivity index (χ0) is 15.4. The first kappa shape index (κ1) is 15.1. The molecule has 0 aromatic heterocycles. The van der Waals surface area contributed by atoms with Gasteiger partial charge in [-0.2, -0.15) is 4.39 Å². The van der Waals surface area contributed by atoms with E-state index < -0.39 is 16.4 Å². The van der Waals surface area contributed by atoms with Crippen LogP contribution in [0.15, 0.2) is 48.5 Å². The van der Waals surface area contributed by atoms with Gasteiger partial charge in [0, 0.05) is 12.1 Å². The second kappa shape index (κ2) is 6.45. The van der Waals surface area contributed by atoms with Gasteiger partial charge in [0.15, 0.2) is 0 Å². The first-order valence-corrected chi connectivity index (χ1v) is 6.72. The lowest BCUT2D eigenvalue weighted by Gasteiger charge is -2.20. The van der Waals surface area contributed by atoms with Crippen molar-refractivity contribution in [3.8, 4) is 0 Å². The van der Waals surface area contributed by atoms with Gasteiger partial charge in [-0.25, -0.2) is 0 Å². The largest absolute Gasteiger partial charge is 0.324 e. The molecule has 2 aromatic rings. The number of nitrogens with two attached hydrogens (primary N) is 1. The van der Waals surface area contributed by atoms with E-state index in [1.165, 1.54) is 12.1 Å². The predicted molar refractivity (Wildman–Crippen MR) is 79.3 cm³/mol. The van der Waals surface area contributed by atoms with E-state index >= 15 is 0 Å². The summed E-state index contributed by atoms with van der Waals surface area (Å²) in [5, 5.41) is 10.6. The summed E-state index contributed by atoms with van der Waals surface area (Å²) in [7, 11) is 0. The lowest BCUT2D eigenvalue weighted by Crippen LogP contribution is -2.20. The fourth-order valence-electron chi connectivity index (χ4n) is 2.33. The topological polar surface area (TPSA) is 69.2 Å². The molecule has 2 aromatic carbocycles. The Morgan fingerprint density at radius 3 is 2.48 bits per heavy atom. The van der Waals surface area contributed by atoms with Crippen LogP contribution in [-0.2, 0) is 6.42 Å². The van der Waals surface area contributed by atoms with Crippen LogP contribution in [-0.4, -0.2) is 4.92 Å². The number of benzene rings is 2. The molecule has 2 rings (SSSR count). The molecule has 2 N–H and O–H groups in total. The number of nitro benzene ring substituents is 1. The Labute approximate surface area is 122 Å². The van der Waals surface area contributed by atoms with Gasteiger partial charge in [-0.3, -0.25) is 10.1 Å². The van der Waals surface area contributed by atoms with Crippen molar-refractivity contribution in [3.63, 3.8) is 0 Å². The molecule has 0 fully saturated rings. The Bertz CT molecular complexity index is 631. The molecule has 21 heavy (non-hydrogen) atoms. The third-order valence-corrected chi connectivity index (χ3v) is 3.56. The van der Waals surface area contributed by atoms with Crippen molar-refractivity contribution in [3.05, 3.63) is 75.6 Å². The standard InChI is InChI=1S/C16H17FN2O2/c1-11(16(18)13-5-3-2-4-6-13)9-12-7-8-15(19(20)21)14(17)10-12/h2-8,10-11,16H,9,18H2,1H3. The SMILES string of the molecule is CC(Cc1ccc([N+](=O)[O-])c(F)c1)C(N)c1ccccc1. The highest BCUT2D eigenvalue weighted by atomic mass is 19.1. The van der Waals surface area contributed by atoms with Crippen molar-refractivity contribution < 1.29 is 9.31 Å². The minimum atomic E-state index is -0.807. The van der Waals surface area contributed by atoms with Crippen LogP contribution in [0.2, 0.25) is 0 Å². The number of hydrogen-bond acceptors (Lipinski definition) is 3. The lowest BCUT2D eigenvalue weighted by molar-refractivity contribution is -0.387. The van der Waals surface area contributed by atoms with Gasteiger partial charge in [0.1, 0.15) is 0 Å². The van der Waals surface area contributed by atoms with Crippen LogP contribution in [0.5, 0.6) is 0 Å². The molecule has 5 heteroatoms. The normalized spacial score (nSPS) is 13.7. The van der Waals surface area contributed by atoms with Gasteiger partial charge in [0.25, 0.3) is 0 Å². The highest BCUT2D eigenvalue weighted by Crippen LogP contribution is 2.25. The fraction of sp³-hybridized carbons (Fsp3) is 0.250. The molecule has 2 unspecified atom stereocenters. The van der Waals surface area contributed by atoms with Crippen LogP contribution in [0.1, 0.15) is 24.1 Å². The smallest absolute Gasteiger partial charge is 0.304 e. The summed E-state index contributed by atoms with van der Waals surface area (Å²) in [6.45, 7) is 1.98. The maximum Gasteiger partial charge on any atom is 0.304 e. The van der Waals surface area contributed by atoms with E-state index in [1.807, 2.05) is 37.3 Å². The summed E-state index contributed by atoms with van der Waals surface area (Å²) in [5.41, 5.74) is 7.43. The number of rotatable bonds is 5. The molecule has 0 aliphatic rings. The Hall–Kier alpha value is -2.27. The van der Waals surface area contributed by atoms with Crippen molar-refractivity contribution in [1.82, 2.24) is 0 Å². The minimum Gasteiger partial charge on any atom is -0.324 e. The molecule has 110 valence electrons. The first-order valence-electron chi connectivity index (χ1n) is 6.72. The first-order chi connectivity index (χ1) is 9.99. The molecule has 4 nitrogen and oxygen atoms in total. The molecule has 0 heterocycles. The molecule has 0 aliphatic carbocycles. The van der Waals surface area contributed by atoms with E-state index in [0.717, 1.165) is 5.56 Å². The van der Waals surface area contributed by atoms with Crippen molar-refractivity contribution in [1.29, 1.82) is 0 Å². The molecule has 0 saturated heterocycles. The second-order valence-electron chi connectivity index (χ2n) is 5.16. The van der Waals surface area contributed by atoms with E-state index in [9.17, 15) is 14.5 Å². The molecular weight excluding hydrogens is 271 g/mol. The van der Waals surface area contributed by atoms with Gasteiger partial charge in [-0.15, -0.1) is 0 Å². The van der Waals surface area contributed by atoms with Crippen molar-refractivity contribution in [2.75, 3.05) is 0 Å². The molecule has 2 atom stereocenters. The minimum absolute atomic E-state index is 0.0910. The molecule has 0 spiro atoms. The fourth-order valence-corrected chi connectivity index (χ4v) is 2.33. The molecule has 0 radical (unpaired) electrons. The van der Waals surface area contributed by atoms with Gasteiger partial charge in [-0.1, -0.05) is 43.3 Å². The Kier molecular flexibility index (Phi) is 4.65. The Morgan fingerprint density at radius 2 is 1.90 bits per heavy atom. The van der Waals surface area contributed by atoms with E-state index in [0.29, 0.717) is 12.0 Å². The van der Waals surface area contributed by atoms with Gasteiger partial charge < -0.3 is 5.73 Å². The van der Waals surface area contributed by atoms with Gasteiger partial charge in [0.2, 0.25) is 5.82 Å². The van der Waals surface area contributed by atoms with Gasteiger partial charge in [-0.05, 0) is 29.5 Å².